The Kier molecular flexibility index (Phi) is 5.49. The van der Waals surface area contributed by atoms with Gasteiger partial charge in [-0.2, -0.15) is 5.10 Å². The summed E-state index contributed by atoms with van der Waals surface area (Å²) in [6.07, 6.45) is 4.13. The van der Waals surface area contributed by atoms with E-state index in [4.69, 9.17) is 0 Å². The van der Waals surface area contributed by atoms with Crippen LogP contribution in [0.4, 0.5) is 0 Å². The van der Waals surface area contributed by atoms with Crippen molar-refractivity contribution in [1.29, 1.82) is 0 Å². The summed E-state index contributed by atoms with van der Waals surface area (Å²) >= 11 is 3.60. The first-order valence-corrected chi connectivity index (χ1v) is 6.87. The van der Waals surface area contributed by atoms with Gasteiger partial charge in [-0.1, -0.05) is 13.8 Å². The molecule has 0 aliphatic heterocycles. The van der Waals surface area contributed by atoms with Crippen LogP contribution in [0.2, 0.25) is 0 Å². The summed E-state index contributed by atoms with van der Waals surface area (Å²) in [5, 5.41) is 7.99. The molecular weight excluding hydrogens is 266 g/mol. The molecule has 1 aromatic heterocycles. The molecule has 1 aromatic rings. The fourth-order valence-corrected chi connectivity index (χ4v) is 2.39. The van der Waals surface area contributed by atoms with E-state index < -0.39 is 0 Å². The predicted molar refractivity (Wildman–Crippen MR) is 71.6 cm³/mol. The predicted octanol–water partition coefficient (Wildman–Crippen LogP) is 3.68. The number of nitrogens with zero attached hydrogens (tertiary/aromatic N) is 2. The molecular formula is C12H22BrN3. The Balaban J connectivity index is 2.93. The van der Waals surface area contributed by atoms with Gasteiger partial charge in [-0.15, -0.1) is 0 Å². The van der Waals surface area contributed by atoms with Crippen LogP contribution in [-0.4, -0.2) is 16.3 Å². The summed E-state index contributed by atoms with van der Waals surface area (Å²) < 4.78 is 3.21. The monoisotopic (exact) mass is 287 g/mol. The summed E-state index contributed by atoms with van der Waals surface area (Å²) in [4.78, 5) is 0. The second-order valence-electron chi connectivity index (χ2n) is 4.33. The van der Waals surface area contributed by atoms with Gasteiger partial charge in [0.2, 0.25) is 0 Å². The molecule has 0 aliphatic rings. The standard InChI is InChI=1S/C12H22BrN3/c1-5-7-14-11(6-2)12-10(13)8-15-16(12)9(3)4/h8-9,11,14H,5-7H2,1-4H3. The van der Waals surface area contributed by atoms with Crippen molar-refractivity contribution < 1.29 is 0 Å². The van der Waals surface area contributed by atoms with E-state index in [1.165, 1.54) is 5.69 Å². The van der Waals surface area contributed by atoms with E-state index in [1.54, 1.807) is 0 Å². The average Bonchev–Trinajstić information content (AvgIpc) is 2.62. The molecule has 92 valence electrons. The molecule has 0 aromatic carbocycles. The maximum absolute atomic E-state index is 4.42. The molecule has 1 heterocycles. The first-order valence-electron chi connectivity index (χ1n) is 6.08. The van der Waals surface area contributed by atoms with Gasteiger partial charge in [-0.3, -0.25) is 4.68 Å². The molecule has 4 heteroatoms. The van der Waals surface area contributed by atoms with Crippen LogP contribution in [0.5, 0.6) is 0 Å². The fourth-order valence-electron chi connectivity index (χ4n) is 1.84. The Bertz CT molecular complexity index is 320. The highest BCUT2D eigenvalue weighted by Crippen LogP contribution is 2.27. The van der Waals surface area contributed by atoms with Crippen molar-refractivity contribution in [3.8, 4) is 0 Å². The van der Waals surface area contributed by atoms with Crippen LogP contribution in [0.25, 0.3) is 0 Å². The summed E-state index contributed by atoms with van der Waals surface area (Å²) in [6, 6.07) is 0.790. The van der Waals surface area contributed by atoms with Gasteiger partial charge in [-0.05, 0) is 49.2 Å². The zero-order chi connectivity index (χ0) is 12.1. The van der Waals surface area contributed by atoms with Crippen LogP contribution in [0, 0.1) is 0 Å². The first-order chi connectivity index (χ1) is 7.61. The van der Waals surface area contributed by atoms with E-state index in [2.05, 4.69) is 58.7 Å². The summed E-state index contributed by atoms with van der Waals surface area (Å²) in [5.74, 6) is 0. The second kappa shape index (κ2) is 6.40. The Labute approximate surface area is 107 Å². The zero-order valence-electron chi connectivity index (χ0n) is 10.6. The van der Waals surface area contributed by atoms with Crippen molar-refractivity contribution in [1.82, 2.24) is 15.1 Å². The van der Waals surface area contributed by atoms with Crippen molar-refractivity contribution in [2.75, 3.05) is 6.54 Å². The summed E-state index contributed by atoms with van der Waals surface area (Å²) in [5.41, 5.74) is 1.27. The number of hydrogen-bond donors (Lipinski definition) is 1. The van der Waals surface area contributed by atoms with Crippen molar-refractivity contribution in [3.63, 3.8) is 0 Å². The van der Waals surface area contributed by atoms with Crippen LogP contribution in [0.15, 0.2) is 10.7 Å². The normalized spacial score (nSPS) is 13.4. The van der Waals surface area contributed by atoms with Gasteiger partial charge < -0.3 is 5.32 Å². The third kappa shape index (κ3) is 3.08. The minimum Gasteiger partial charge on any atom is -0.309 e. The van der Waals surface area contributed by atoms with Crippen LogP contribution >= 0.6 is 15.9 Å². The maximum atomic E-state index is 4.42. The van der Waals surface area contributed by atoms with E-state index in [9.17, 15) is 0 Å². The van der Waals surface area contributed by atoms with Crippen molar-refractivity contribution >= 4 is 15.9 Å². The maximum Gasteiger partial charge on any atom is 0.0698 e. The summed E-state index contributed by atoms with van der Waals surface area (Å²) in [6.45, 7) is 9.77. The van der Waals surface area contributed by atoms with Crippen molar-refractivity contribution in [2.24, 2.45) is 0 Å². The molecule has 1 atom stereocenters. The van der Waals surface area contributed by atoms with Gasteiger partial charge >= 0.3 is 0 Å². The number of hydrogen-bond acceptors (Lipinski definition) is 2. The number of aromatic nitrogens is 2. The number of halogens is 1. The number of nitrogens with one attached hydrogen (secondary N) is 1. The molecule has 1 rings (SSSR count). The lowest BCUT2D eigenvalue weighted by molar-refractivity contribution is 0.435. The van der Waals surface area contributed by atoms with Crippen molar-refractivity contribution in [3.05, 3.63) is 16.4 Å². The molecule has 0 spiro atoms. The van der Waals surface area contributed by atoms with Gasteiger partial charge in [-0.25, -0.2) is 0 Å². The largest absolute Gasteiger partial charge is 0.309 e. The molecule has 0 aliphatic carbocycles. The van der Waals surface area contributed by atoms with Gasteiger partial charge in [0.1, 0.15) is 0 Å². The van der Waals surface area contributed by atoms with Crippen LogP contribution in [0.3, 0.4) is 0 Å². The van der Waals surface area contributed by atoms with Gasteiger partial charge in [0.15, 0.2) is 0 Å². The lowest BCUT2D eigenvalue weighted by Gasteiger charge is -2.20. The molecule has 0 saturated carbocycles. The first kappa shape index (κ1) is 13.7. The Morgan fingerprint density at radius 1 is 1.44 bits per heavy atom. The highest BCUT2D eigenvalue weighted by molar-refractivity contribution is 9.10. The smallest absolute Gasteiger partial charge is 0.0698 e. The summed E-state index contributed by atoms with van der Waals surface area (Å²) in [7, 11) is 0. The minimum atomic E-state index is 0.388. The van der Waals surface area contributed by atoms with Crippen LogP contribution in [-0.2, 0) is 0 Å². The Hall–Kier alpha value is -0.350. The minimum absolute atomic E-state index is 0.388. The molecule has 0 radical (unpaired) electrons. The highest BCUT2D eigenvalue weighted by atomic mass is 79.9. The van der Waals surface area contributed by atoms with E-state index >= 15 is 0 Å². The van der Waals surface area contributed by atoms with E-state index in [0.29, 0.717) is 12.1 Å². The van der Waals surface area contributed by atoms with Crippen LogP contribution in [0.1, 0.15) is 58.3 Å². The van der Waals surface area contributed by atoms with Crippen molar-refractivity contribution in [2.45, 2.75) is 52.6 Å². The lowest BCUT2D eigenvalue weighted by Crippen LogP contribution is -2.25. The van der Waals surface area contributed by atoms with Gasteiger partial charge in [0.25, 0.3) is 0 Å². The average molecular weight is 288 g/mol. The lowest BCUT2D eigenvalue weighted by atomic mass is 10.1. The zero-order valence-corrected chi connectivity index (χ0v) is 12.2. The third-order valence-electron chi connectivity index (χ3n) is 2.66. The third-order valence-corrected chi connectivity index (χ3v) is 3.27. The molecule has 16 heavy (non-hydrogen) atoms. The highest BCUT2D eigenvalue weighted by Gasteiger charge is 2.19. The molecule has 0 saturated heterocycles. The SMILES string of the molecule is CCCNC(CC)c1c(Br)cnn1C(C)C. The number of rotatable bonds is 6. The Morgan fingerprint density at radius 2 is 2.12 bits per heavy atom. The molecule has 1 unspecified atom stereocenters. The molecule has 1 N–H and O–H groups in total. The van der Waals surface area contributed by atoms with Crippen LogP contribution < -0.4 is 5.32 Å². The fraction of sp³-hybridized carbons (Fsp3) is 0.750. The second-order valence-corrected chi connectivity index (χ2v) is 5.19. The topological polar surface area (TPSA) is 29.9 Å². The molecule has 0 fully saturated rings. The molecule has 0 bridgehead atoms. The van der Waals surface area contributed by atoms with E-state index in [0.717, 1.165) is 23.9 Å². The van der Waals surface area contributed by atoms with Gasteiger partial charge in [0, 0.05) is 6.04 Å². The quantitative estimate of drug-likeness (QED) is 0.865. The molecule has 0 amide bonds. The van der Waals surface area contributed by atoms with E-state index in [1.807, 2.05) is 6.20 Å². The Morgan fingerprint density at radius 3 is 2.62 bits per heavy atom. The van der Waals surface area contributed by atoms with Gasteiger partial charge in [0.05, 0.1) is 22.4 Å². The molecule has 3 nitrogen and oxygen atoms in total. The van der Waals surface area contributed by atoms with E-state index in [-0.39, 0.29) is 0 Å².